The number of hydrogen-bond donors (Lipinski definition) is 0. The molecule has 5 nitrogen and oxygen atoms in total. The van der Waals surface area contributed by atoms with E-state index in [0.29, 0.717) is 13.0 Å². The third-order valence-electron chi connectivity index (χ3n) is 5.22. The van der Waals surface area contributed by atoms with Crippen LogP contribution in [0.5, 0.6) is 0 Å². The number of thioether (sulfide) groups is 1. The van der Waals surface area contributed by atoms with E-state index in [2.05, 4.69) is 64.9 Å². The standard InChI is InChI=1S/C23H24N2O3S2/c1-3-24-19(11-10-18-7-4-5-8-20(18)24)16-23-25(13-6-14-30(26,27)28)21-15-17(2)9-12-22(21)29-23/h4-5,7-12,15-16H,3,6,13-14H2,1-2H3. The lowest BCUT2D eigenvalue weighted by Gasteiger charge is -2.21. The number of hydrogen-bond acceptors (Lipinski definition) is 5. The zero-order valence-corrected chi connectivity index (χ0v) is 18.7. The molecule has 2 heterocycles. The minimum atomic E-state index is -4.22. The number of fused-ring (bicyclic) bond motifs is 2. The first-order valence-corrected chi connectivity index (χ1v) is 12.4. The second-order valence-corrected chi connectivity index (χ2v) is 9.97. The summed E-state index contributed by atoms with van der Waals surface area (Å²) in [6.07, 6.45) is 2.45. The van der Waals surface area contributed by atoms with E-state index in [-0.39, 0.29) is 5.75 Å². The smallest absolute Gasteiger partial charge is 0.212 e. The summed E-state index contributed by atoms with van der Waals surface area (Å²) in [6.45, 7) is 5.49. The van der Waals surface area contributed by atoms with Crippen molar-refractivity contribution < 1.29 is 17.5 Å². The van der Waals surface area contributed by atoms with Crippen molar-refractivity contribution in [1.82, 2.24) is 0 Å². The Morgan fingerprint density at radius 1 is 1.13 bits per heavy atom. The Balaban J connectivity index is 1.74. The normalized spacial score (nSPS) is 15.2. The average molecular weight is 441 g/mol. The quantitative estimate of drug-likeness (QED) is 0.422. The van der Waals surface area contributed by atoms with Gasteiger partial charge in [-0.2, -0.15) is 4.57 Å². The van der Waals surface area contributed by atoms with Crippen LogP contribution in [0.2, 0.25) is 0 Å². The Morgan fingerprint density at radius 3 is 2.70 bits per heavy atom. The Labute approximate surface area is 181 Å². The molecule has 0 bridgehead atoms. The molecule has 7 heteroatoms. The molecule has 1 aromatic heterocycles. The number of para-hydroxylation sites is 1. The highest BCUT2D eigenvalue weighted by Gasteiger charge is 2.26. The van der Waals surface area contributed by atoms with Crippen LogP contribution in [0.1, 0.15) is 24.6 Å². The lowest BCUT2D eigenvalue weighted by Crippen LogP contribution is -2.37. The first kappa shape index (κ1) is 20.9. The first-order chi connectivity index (χ1) is 14.4. The Bertz CT molecular complexity index is 1240. The maximum absolute atomic E-state index is 11.1. The molecule has 0 radical (unpaired) electrons. The molecule has 0 unspecified atom stereocenters. The molecule has 0 N–H and O–H groups in total. The van der Waals surface area contributed by atoms with Crippen LogP contribution >= 0.6 is 11.8 Å². The van der Waals surface area contributed by atoms with Gasteiger partial charge in [-0.05, 0) is 50.1 Å². The van der Waals surface area contributed by atoms with Crippen LogP contribution in [0.25, 0.3) is 17.0 Å². The van der Waals surface area contributed by atoms with Gasteiger partial charge >= 0.3 is 0 Å². The van der Waals surface area contributed by atoms with Gasteiger partial charge in [-0.1, -0.05) is 30.0 Å². The fourth-order valence-corrected chi connectivity index (χ4v) is 5.43. The van der Waals surface area contributed by atoms with Crippen molar-refractivity contribution in [3.05, 3.63) is 70.9 Å². The van der Waals surface area contributed by atoms with Crippen LogP contribution in [0.3, 0.4) is 0 Å². The summed E-state index contributed by atoms with van der Waals surface area (Å²) in [5, 5.41) is 2.23. The molecule has 0 atom stereocenters. The van der Waals surface area contributed by atoms with E-state index in [1.165, 1.54) is 10.9 Å². The maximum atomic E-state index is 11.1. The van der Waals surface area contributed by atoms with E-state index in [1.54, 1.807) is 11.8 Å². The van der Waals surface area contributed by atoms with E-state index in [0.717, 1.165) is 33.4 Å². The molecule has 156 valence electrons. The summed E-state index contributed by atoms with van der Waals surface area (Å²) in [5.41, 5.74) is 4.48. The summed E-state index contributed by atoms with van der Waals surface area (Å²) in [6, 6.07) is 18.9. The maximum Gasteiger partial charge on any atom is 0.212 e. The van der Waals surface area contributed by atoms with E-state index >= 15 is 0 Å². The van der Waals surface area contributed by atoms with Gasteiger partial charge in [0.1, 0.15) is 6.54 Å². The Morgan fingerprint density at radius 2 is 1.93 bits per heavy atom. The van der Waals surface area contributed by atoms with Crippen molar-refractivity contribution >= 4 is 44.5 Å². The molecule has 0 amide bonds. The lowest BCUT2D eigenvalue weighted by atomic mass is 10.1. The number of aromatic nitrogens is 1. The highest BCUT2D eigenvalue weighted by molar-refractivity contribution is 8.03. The van der Waals surface area contributed by atoms with Crippen LogP contribution in [0.4, 0.5) is 5.69 Å². The van der Waals surface area contributed by atoms with Gasteiger partial charge < -0.3 is 9.45 Å². The number of rotatable bonds is 6. The molecule has 0 saturated carbocycles. The summed E-state index contributed by atoms with van der Waals surface area (Å²) in [7, 11) is -4.22. The van der Waals surface area contributed by atoms with Crippen LogP contribution < -0.4 is 9.47 Å². The van der Waals surface area contributed by atoms with Crippen molar-refractivity contribution in [2.45, 2.75) is 31.7 Å². The second-order valence-electron chi connectivity index (χ2n) is 7.38. The van der Waals surface area contributed by atoms with Gasteiger partial charge in [-0.25, -0.2) is 8.42 Å². The van der Waals surface area contributed by atoms with Gasteiger partial charge in [0.05, 0.1) is 20.8 Å². The van der Waals surface area contributed by atoms with Crippen molar-refractivity contribution in [1.29, 1.82) is 0 Å². The van der Waals surface area contributed by atoms with E-state index in [9.17, 15) is 13.0 Å². The molecular formula is C23H24N2O3S2. The monoisotopic (exact) mass is 440 g/mol. The van der Waals surface area contributed by atoms with E-state index < -0.39 is 10.1 Å². The minimum absolute atomic E-state index is 0.294. The third kappa shape index (κ3) is 4.38. The summed E-state index contributed by atoms with van der Waals surface area (Å²) in [5.74, 6) is -0.354. The van der Waals surface area contributed by atoms with Crippen molar-refractivity contribution in [2.75, 3.05) is 17.2 Å². The number of aryl methyl sites for hydroxylation is 2. The lowest BCUT2D eigenvalue weighted by molar-refractivity contribution is -0.669. The Hall–Kier alpha value is -2.35. The van der Waals surface area contributed by atoms with Crippen LogP contribution in [0.15, 0.2) is 64.5 Å². The highest BCUT2D eigenvalue weighted by Crippen LogP contribution is 2.47. The van der Waals surface area contributed by atoms with Gasteiger partial charge in [0.2, 0.25) is 11.2 Å². The molecule has 0 saturated heterocycles. The fourth-order valence-electron chi connectivity index (χ4n) is 3.83. The SMILES string of the molecule is CC[n+]1c(/C=C2/Sc3ccc(C)cc3N2CCCS(=O)(=O)[O-])ccc2ccccc21. The van der Waals surface area contributed by atoms with E-state index in [4.69, 9.17) is 0 Å². The van der Waals surface area contributed by atoms with Gasteiger partial charge in [0, 0.05) is 40.8 Å². The molecule has 2 aromatic carbocycles. The third-order valence-corrected chi connectivity index (χ3v) is 7.12. The van der Waals surface area contributed by atoms with E-state index in [1.807, 2.05) is 19.1 Å². The number of anilines is 1. The van der Waals surface area contributed by atoms with Crippen LogP contribution in [0, 0.1) is 6.92 Å². The minimum Gasteiger partial charge on any atom is -0.748 e. The molecule has 0 fully saturated rings. The number of nitrogens with zero attached hydrogens (tertiary/aromatic N) is 2. The summed E-state index contributed by atoms with van der Waals surface area (Å²) >= 11 is 1.68. The zero-order valence-electron chi connectivity index (χ0n) is 17.0. The topological polar surface area (TPSA) is 64.3 Å². The molecular weight excluding hydrogens is 416 g/mol. The summed E-state index contributed by atoms with van der Waals surface area (Å²) < 4.78 is 35.5. The molecule has 30 heavy (non-hydrogen) atoms. The molecule has 0 spiro atoms. The highest BCUT2D eigenvalue weighted by atomic mass is 32.2. The van der Waals surface area contributed by atoms with Crippen LogP contribution in [-0.2, 0) is 16.7 Å². The van der Waals surface area contributed by atoms with Crippen molar-refractivity contribution in [2.24, 2.45) is 0 Å². The van der Waals surface area contributed by atoms with Crippen molar-refractivity contribution in [3.63, 3.8) is 0 Å². The van der Waals surface area contributed by atoms with Gasteiger partial charge in [0.15, 0.2) is 0 Å². The number of benzene rings is 2. The second kappa shape index (κ2) is 8.41. The molecule has 4 rings (SSSR count). The fraction of sp³-hybridized carbons (Fsp3) is 0.261. The molecule has 3 aromatic rings. The average Bonchev–Trinajstić information content (AvgIpc) is 3.03. The van der Waals surface area contributed by atoms with Gasteiger partial charge in [0.25, 0.3) is 0 Å². The van der Waals surface area contributed by atoms with Crippen LogP contribution in [-0.4, -0.2) is 25.3 Å². The zero-order chi connectivity index (χ0) is 21.3. The van der Waals surface area contributed by atoms with Crippen molar-refractivity contribution in [3.8, 4) is 0 Å². The first-order valence-electron chi connectivity index (χ1n) is 9.98. The Kier molecular flexibility index (Phi) is 5.86. The molecule has 0 aliphatic carbocycles. The predicted octanol–water partition coefficient (Wildman–Crippen LogP) is 4.30. The largest absolute Gasteiger partial charge is 0.748 e. The number of pyridine rings is 1. The van der Waals surface area contributed by atoms with Gasteiger partial charge in [-0.3, -0.25) is 0 Å². The molecule has 1 aliphatic rings. The molecule has 1 aliphatic heterocycles. The summed E-state index contributed by atoms with van der Waals surface area (Å²) in [4.78, 5) is 3.27. The predicted molar refractivity (Wildman–Crippen MR) is 121 cm³/mol. The van der Waals surface area contributed by atoms with Gasteiger partial charge in [-0.15, -0.1) is 0 Å².